The van der Waals surface area contributed by atoms with Crippen LogP contribution in [0.2, 0.25) is 0 Å². The molecular weight excluding hydrogens is 360 g/mol. The number of fused-ring (bicyclic) bond motifs is 3. The highest BCUT2D eigenvalue weighted by atomic mass is 32.2. The third-order valence-corrected chi connectivity index (χ3v) is 5.17. The number of rotatable bonds is 3. The average molecular weight is 372 g/mol. The van der Waals surface area contributed by atoms with E-state index in [1.807, 2.05) is 0 Å². The Labute approximate surface area is 143 Å². The van der Waals surface area contributed by atoms with Crippen LogP contribution in [0.3, 0.4) is 0 Å². The van der Waals surface area contributed by atoms with Crippen LogP contribution < -0.4 is 0 Å². The van der Waals surface area contributed by atoms with Crippen molar-refractivity contribution in [1.82, 2.24) is 19.6 Å². The Morgan fingerprint density at radius 3 is 2.84 bits per heavy atom. The first kappa shape index (κ1) is 16.5. The van der Waals surface area contributed by atoms with E-state index in [9.17, 15) is 17.6 Å². The van der Waals surface area contributed by atoms with Crippen molar-refractivity contribution in [3.63, 3.8) is 0 Å². The molecule has 3 heterocycles. The van der Waals surface area contributed by atoms with E-state index < -0.39 is 17.8 Å². The number of thioether (sulfide) groups is 1. The topological polar surface area (TPSA) is 52.3 Å². The Morgan fingerprint density at radius 2 is 2.12 bits per heavy atom. The Bertz CT molecular complexity index is 937. The molecule has 132 valence electrons. The third kappa shape index (κ3) is 3.04. The van der Waals surface area contributed by atoms with Gasteiger partial charge in [0.25, 0.3) is 0 Å². The maximum atomic E-state index is 13.6. The van der Waals surface area contributed by atoms with Crippen molar-refractivity contribution >= 4 is 28.4 Å². The van der Waals surface area contributed by atoms with Gasteiger partial charge >= 0.3 is 6.18 Å². The number of halogens is 4. The first-order chi connectivity index (χ1) is 11.9. The quantitative estimate of drug-likeness (QED) is 0.520. The van der Waals surface area contributed by atoms with Crippen molar-refractivity contribution in [2.45, 2.75) is 17.6 Å². The summed E-state index contributed by atoms with van der Waals surface area (Å²) >= 11 is 1.31. The van der Waals surface area contributed by atoms with E-state index in [1.165, 1.54) is 17.8 Å². The molecular formula is C15H12F4N4OS. The van der Waals surface area contributed by atoms with Gasteiger partial charge in [-0.1, -0.05) is 0 Å². The highest BCUT2D eigenvalue weighted by molar-refractivity contribution is 7.99. The zero-order chi connectivity index (χ0) is 17.6. The summed E-state index contributed by atoms with van der Waals surface area (Å²) in [4.78, 5) is 4.37. The molecule has 2 aromatic heterocycles. The lowest BCUT2D eigenvalue weighted by Gasteiger charge is -2.11. The molecule has 25 heavy (non-hydrogen) atoms. The van der Waals surface area contributed by atoms with Gasteiger partial charge in [0, 0.05) is 18.4 Å². The van der Waals surface area contributed by atoms with E-state index in [0.29, 0.717) is 29.9 Å². The monoisotopic (exact) mass is 372 g/mol. The van der Waals surface area contributed by atoms with Gasteiger partial charge < -0.3 is 4.74 Å². The van der Waals surface area contributed by atoms with Crippen molar-refractivity contribution in [3.05, 3.63) is 29.8 Å². The lowest BCUT2D eigenvalue weighted by molar-refractivity contribution is -0.145. The van der Waals surface area contributed by atoms with Gasteiger partial charge in [0.05, 0.1) is 17.6 Å². The SMILES string of the molecule is Fc1ccc2nc(SCC3CCOC3)c3nnc(C(F)(F)F)n3c2c1. The lowest BCUT2D eigenvalue weighted by Crippen LogP contribution is -2.12. The van der Waals surface area contributed by atoms with Crippen molar-refractivity contribution in [2.75, 3.05) is 19.0 Å². The fraction of sp³-hybridized carbons (Fsp3) is 0.400. The molecule has 0 aliphatic carbocycles. The van der Waals surface area contributed by atoms with E-state index >= 15 is 0 Å². The van der Waals surface area contributed by atoms with Crippen LogP contribution in [0, 0.1) is 11.7 Å². The van der Waals surface area contributed by atoms with Crippen LogP contribution in [0.5, 0.6) is 0 Å². The van der Waals surface area contributed by atoms with Crippen molar-refractivity contribution in [1.29, 1.82) is 0 Å². The van der Waals surface area contributed by atoms with Gasteiger partial charge in [-0.2, -0.15) is 13.2 Å². The molecule has 1 aliphatic heterocycles. The van der Waals surface area contributed by atoms with Gasteiger partial charge in [-0.05, 0) is 24.5 Å². The number of alkyl halides is 3. The Hall–Kier alpha value is -1.94. The summed E-state index contributed by atoms with van der Waals surface area (Å²) < 4.78 is 59.6. The summed E-state index contributed by atoms with van der Waals surface area (Å²) in [5.41, 5.74) is 0.222. The second kappa shape index (κ2) is 6.10. The van der Waals surface area contributed by atoms with E-state index in [0.717, 1.165) is 23.0 Å². The number of aromatic nitrogens is 4. The summed E-state index contributed by atoms with van der Waals surface area (Å²) in [6, 6.07) is 3.53. The molecule has 1 unspecified atom stereocenters. The van der Waals surface area contributed by atoms with Gasteiger partial charge in [-0.3, -0.25) is 4.40 Å². The number of nitrogens with zero attached hydrogens (tertiary/aromatic N) is 4. The largest absolute Gasteiger partial charge is 0.452 e. The number of ether oxygens (including phenoxy) is 1. The van der Waals surface area contributed by atoms with Crippen LogP contribution in [0.4, 0.5) is 17.6 Å². The van der Waals surface area contributed by atoms with E-state index in [1.54, 1.807) is 0 Å². The minimum atomic E-state index is -4.71. The predicted octanol–water partition coefficient (Wildman–Crippen LogP) is 3.56. The first-order valence-corrected chi connectivity index (χ1v) is 8.54. The second-order valence-corrected chi connectivity index (χ2v) is 6.78. The zero-order valence-electron chi connectivity index (χ0n) is 12.8. The Kier molecular flexibility index (Phi) is 4.03. The molecule has 0 amide bonds. The van der Waals surface area contributed by atoms with Gasteiger partial charge in [-0.25, -0.2) is 9.37 Å². The fourth-order valence-electron chi connectivity index (χ4n) is 2.77. The van der Waals surface area contributed by atoms with Crippen molar-refractivity contribution < 1.29 is 22.3 Å². The normalized spacial score (nSPS) is 18.5. The van der Waals surface area contributed by atoms with Crippen LogP contribution in [0.15, 0.2) is 23.2 Å². The Balaban J connectivity index is 1.87. The molecule has 1 fully saturated rings. The highest BCUT2D eigenvalue weighted by Crippen LogP contribution is 2.34. The standard InChI is InChI=1S/C15H12F4N4OS/c16-9-1-2-10-11(5-9)23-12(21-22-14(23)15(17,18)19)13(20-10)25-7-8-3-4-24-6-8/h1-2,5,8H,3-4,6-7H2. The molecule has 1 atom stereocenters. The average Bonchev–Trinajstić information content (AvgIpc) is 3.22. The summed E-state index contributed by atoms with van der Waals surface area (Å²) in [6.45, 7) is 1.32. The summed E-state index contributed by atoms with van der Waals surface area (Å²) in [5, 5.41) is 7.28. The highest BCUT2D eigenvalue weighted by Gasteiger charge is 2.38. The maximum absolute atomic E-state index is 13.6. The van der Waals surface area contributed by atoms with Crippen molar-refractivity contribution in [2.24, 2.45) is 5.92 Å². The summed E-state index contributed by atoms with van der Waals surface area (Å²) in [5.74, 6) is -0.864. The Morgan fingerprint density at radius 1 is 1.28 bits per heavy atom. The first-order valence-electron chi connectivity index (χ1n) is 7.55. The minimum absolute atomic E-state index is 0.0131. The molecule has 1 aliphatic rings. The fourth-order valence-corrected chi connectivity index (χ4v) is 3.85. The molecule has 0 spiro atoms. The van der Waals surface area contributed by atoms with Crippen LogP contribution in [-0.2, 0) is 10.9 Å². The van der Waals surface area contributed by atoms with Crippen LogP contribution in [0.1, 0.15) is 12.2 Å². The molecule has 5 nitrogen and oxygen atoms in total. The molecule has 4 rings (SSSR count). The van der Waals surface area contributed by atoms with Crippen LogP contribution in [-0.4, -0.2) is 38.5 Å². The molecule has 1 saturated heterocycles. The summed E-state index contributed by atoms with van der Waals surface area (Å²) in [7, 11) is 0. The lowest BCUT2D eigenvalue weighted by atomic mass is 10.2. The number of hydrogen-bond donors (Lipinski definition) is 0. The predicted molar refractivity (Wildman–Crippen MR) is 82.9 cm³/mol. The third-order valence-electron chi connectivity index (χ3n) is 3.99. The maximum Gasteiger partial charge on any atom is 0.452 e. The number of hydrogen-bond acceptors (Lipinski definition) is 5. The summed E-state index contributed by atoms with van der Waals surface area (Å²) in [6.07, 6.45) is -3.80. The second-order valence-electron chi connectivity index (χ2n) is 5.77. The molecule has 3 aromatic rings. The van der Waals surface area contributed by atoms with Gasteiger partial charge in [0.15, 0.2) is 5.65 Å². The van der Waals surface area contributed by atoms with Crippen molar-refractivity contribution in [3.8, 4) is 0 Å². The molecule has 10 heteroatoms. The van der Waals surface area contributed by atoms with E-state index in [2.05, 4.69) is 15.2 Å². The van der Waals surface area contributed by atoms with E-state index in [-0.39, 0.29) is 16.7 Å². The molecule has 0 N–H and O–H groups in total. The van der Waals surface area contributed by atoms with Crippen LogP contribution >= 0.6 is 11.8 Å². The van der Waals surface area contributed by atoms with Gasteiger partial charge in [0.1, 0.15) is 10.8 Å². The van der Waals surface area contributed by atoms with Gasteiger partial charge in [0.2, 0.25) is 5.82 Å². The van der Waals surface area contributed by atoms with Gasteiger partial charge in [-0.15, -0.1) is 22.0 Å². The molecule has 0 saturated carbocycles. The molecule has 1 aromatic carbocycles. The number of benzene rings is 1. The molecule has 0 bridgehead atoms. The van der Waals surface area contributed by atoms with E-state index in [4.69, 9.17) is 4.74 Å². The zero-order valence-corrected chi connectivity index (χ0v) is 13.6. The van der Waals surface area contributed by atoms with Crippen LogP contribution in [0.25, 0.3) is 16.7 Å². The molecule has 0 radical (unpaired) electrons. The smallest absolute Gasteiger partial charge is 0.381 e. The minimum Gasteiger partial charge on any atom is -0.381 e.